The normalized spacial score (nSPS) is 10.7. The van der Waals surface area contributed by atoms with Crippen molar-refractivity contribution in [2.75, 3.05) is 23.4 Å². The van der Waals surface area contributed by atoms with Crippen molar-refractivity contribution in [3.8, 4) is 0 Å². The number of fused-ring (bicyclic) bond motifs is 1. The van der Waals surface area contributed by atoms with Gasteiger partial charge in [0.1, 0.15) is 11.6 Å². The van der Waals surface area contributed by atoms with E-state index in [2.05, 4.69) is 20.3 Å². The van der Waals surface area contributed by atoms with Crippen LogP contribution in [0, 0.1) is 0 Å². The number of hydrogen-bond acceptors (Lipinski definition) is 6. The van der Waals surface area contributed by atoms with Gasteiger partial charge in [-0.3, -0.25) is 4.98 Å². The first-order valence-electron chi connectivity index (χ1n) is 8.70. The van der Waals surface area contributed by atoms with E-state index in [1.807, 2.05) is 65.7 Å². The molecule has 134 valence electrons. The number of nitrogens with zero attached hydrogens (tertiary/aromatic N) is 4. The second kappa shape index (κ2) is 7.80. The third-order valence-electron chi connectivity index (χ3n) is 4.22. The first-order chi connectivity index (χ1) is 13.3. The van der Waals surface area contributed by atoms with Gasteiger partial charge in [0.2, 0.25) is 0 Å². The third-order valence-corrected chi connectivity index (χ3v) is 4.22. The maximum Gasteiger partial charge on any atom is 0.141 e. The Bertz CT molecular complexity index is 1030. The SMILES string of the molecule is OCCN(c1ccnc(Nc2ccccc2)c1)c1nccc2cnccc12. The van der Waals surface area contributed by atoms with Crippen LogP contribution in [0.25, 0.3) is 10.8 Å². The Morgan fingerprint density at radius 3 is 2.63 bits per heavy atom. The van der Waals surface area contributed by atoms with Crippen LogP contribution in [-0.2, 0) is 0 Å². The molecule has 4 rings (SSSR count). The number of pyridine rings is 3. The second-order valence-corrected chi connectivity index (χ2v) is 6.00. The largest absolute Gasteiger partial charge is 0.395 e. The molecule has 0 aliphatic heterocycles. The Morgan fingerprint density at radius 1 is 0.926 bits per heavy atom. The summed E-state index contributed by atoms with van der Waals surface area (Å²) in [5.41, 5.74) is 1.86. The van der Waals surface area contributed by atoms with Gasteiger partial charge in [-0.15, -0.1) is 0 Å². The van der Waals surface area contributed by atoms with Crippen LogP contribution in [0.15, 0.2) is 79.4 Å². The van der Waals surface area contributed by atoms with E-state index in [9.17, 15) is 5.11 Å². The minimum Gasteiger partial charge on any atom is -0.395 e. The molecule has 0 bridgehead atoms. The molecular formula is C21H19N5O. The van der Waals surface area contributed by atoms with Gasteiger partial charge in [-0.1, -0.05) is 18.2 Å². The summed E-state index contributed by atoms with van der Waals surface area (Å²) in [6.45, 7) is 0.427. The number of aliphatic hydroxyl groups excluding tert-OH is 1. The summed E-state index contributed by atoms with van der Waals surface area (Å²) in [4.78, 5) is 15.1. The van der Waals surface area contributed by atoms with Crippen LogP contribution in [-0.4, -0.2) is 33.2 Å². The van der Waals surface area contributed by atoms with Gasteiger partial charge in [0.05, 0.1) is 6.61 Å². The number of para-hydroxylation sites is 1. The van der Waals surface area contributed by atoms with Crippen molar-refractivity contribution in [2.24, 2.45) is 0 Å². The van der Waals surface area contributed by atoms with Crippen molar-refractivity contribution in [2.45, 2.75) is 0 Å². The summed E-state index contributed by atoms with van der Waals surface area (Å²) in [7, 11) is 0. The Kier molecular flexibility index (Phi) is 4.89. The van der Waals surface area contributed by atoms with E-state index in [4.69, 9.17) is 0 Å². The number of anilines is 4. The molecule has 0 saturated heterocycles. The highest BCUT2D eigenvalue weighted by molar-refractivity contribution is 5.93. The van der Waals surface area contributed by atoms with Crippen molar-refractivity contribution in [3.05, 3.63) is 79.4 Å². The number of nitrogens with one attached hydrogen (secondary N) is 1. The first-order valence-corrected chi connectivity index (χ1v) is 8.70. The van der Waals surface area contributed by atoms with E-state index in [1.165, 1.54) is 0 Å². The number of aromatic nitrogens is 3. The van der Waals surface area contributed by atoms with Crippen molar-refractivity contribution in [1.29, 1.82) is 0 Å². The number of rotatable bonds is 6. The van der Waals surface area contributed by atoms with E-state index >= 15 is 0 Å². The lowest BCUT2D eigenvalue weighted by Crippen LogP contribution is -2.22. The standard InChI is InChI=1S/C21H19N5O/c27-13-12-26(21-19-8-9-22-15-16(19)6-10-24-21)18-7-11-23-20(14-18)25-17-4-2-1-3-5-17/h1-11,14-15,27H,12-13H2,(H,23,25). The summed E-state index contributed by atoms with van der Waals surface area (Å²) >= 11 is 0. The fourth-order valence-electron chi connectivity index (χ4n) is 3.00. The highest BCUT2D eigenvalue weighted by atomic mass is 16.3. The molecule has 27 heavy (non-hydrogen) atoms. The maximum atomic E-state index is 9.62. The molecule has 0 unspecified atom stereocenters. The summed E-state index contributed by atoms with van der Waals surface area (Å²) in [6.07, 6.45) is 7.07. The lowest BCUT2D eigenvalue weighted by atomic mass is 10.2. The molecule has 3 heterocycles. The van der Waals surface area contributed by atoms with Crippen molar-refractivity contribution < 1.29 is 5.11 Å². The molecule has 1 aromatic carbocycles. The van der Waals surface area contributed by atoms with E-state index in [0.717, 1.165) is 33.8 Å². The molecule has 0 spiro atoms. The Morgan fingerprint density at radius 2 is 1.78 bits per heavy atom. The van der Waals surface area contributed by atoms with Crippen molar-refractivity contribution in [3.63, 3.8) is 0 Å². The van der Waals surface area contributed by atoms with Gasteiger partial charge in [-0.25, -0.2) is 9.97 Å². The van der Waals surface area contributed by atoms with E-state index in [0.29, 0.717) is 6.54 Å². The summed E-state index contributed by atoms with van der Waals surface area (Å²) < 4.78 is 0. The average Bonchev–Trinajstić information content (AvgIpc) is 2.73. The van der Waals surface area contributed by atoms with Gasteiger partial charge < -0.3 is 15.3 Å². The first kappa shape index (κ1) is 16.9. The predicted octanol–water partition coefficient (Wildman–Crippen LogP) is 3.90. The van der Waals surface area contributed by atoms with Gasteiger partial charge in [0.15, 0.2) is 0 Å². The molecule has 0 atom stereocenters. The summed E-state index contributed by atoms with van der Waals surface area (Å²) in [5.74, 6) is 1.50. The molecule has 0 radical (unpaired) electrons. The Labute approximate surface area is 157 Å². The third kappa shape index (κ3) is 3.70. The quantitative estimate of drug-likeness (QED) is 0.545. The second-order valence-electron chi connectivity index (χ2n) is 6.00. The van der Waals surface area contributed by atoms with Gasteiger partial charge in [-0.05, 0) is 30.3 Å². The molecule has 6 heteroatoms. The van der Waals surface area contributed by atoms with Crippen LogP contribution in [0.4, 0.5) is 23.0 Å². The van der Waals surface area contributed by atoms with Gasteiger partial charge in [0, 0.05) is 59.5 Å². The zero-order chi connectivity index (χ0) is 18.5. The van der Waals surface area contributed by atoms with Gasteiger partial charge >= 0.3 is 0 Å². The summed E-state index contributed by atoms with van der Waals surface area (Å²) in [6, 6.07) is 17.6. The molecule has 6 nitrogen and oxygen atoms in total. The molecule has 0 saturated carbocycles. The lowest BCUT2D eigenvalue weighted by molar-refractivity contribution is 0.305. The number of benzene rings is 1. The molecule has 0 aliphatic carbocycles. The topological polar surface area (TPSA) is 74.2 Å². The van der Waals surface area contributed by atoms with E-state index in [1.54, 1.807) is 18.6 Å². The molecule has 0 fully saturated rings. The van der Waals surface area contributed by atoms with Crippen LogP contribution in [0.5, 0.6) is 0 Å². The fraction of sp³-hybridized carbons (Fsp3) is 0.0952. The van der Waals surface area contributed by atoms with Crippen molar-refractivity contribution in [1.82, 2.24) is 15.0 Å². The molecular weight excluding hydrogens is 338 g/mol. The number of aliphatic hydroxyl groups is 1. The average molecular weight is 357 g/mol. The Hall–Kier alpha value is -3.51. The van der Waals surface area contributed by atoms with Gasteiger partial charge in [-0.2, -0.15) is 0 Å². The van der Waals surface area contributed by atoms with E-state index in [-0.39, 0.29) is 6.61 Å². The molecule has 2 N–H and O–H groups in total. The minimum absolute atomic E-state index is 0.00687. The monoisotopic (exact) mass is 357 g/mol. The minimum atomic E-state index is 0.00687. The van der Waals surface area contributed by atoms with Crippen molar-refractivity contribution >= 4 is 33.8 Å². The zero-order valence-electron chi connectivity index (χ0n) is 14.7. The van der Waals surface area contributed by atoms with Gasteiger partial charge in [0.25, 0.3) is 0 Å². The van der Waals surface area contributed by atoms with E-state index < -0.39 is 0 Å². The lowest BCUT2D eigenvalue weighted by Gasteiger charge is -2.24. The molecule has 0 aliphatic rings. The fourth-order valence-corrected chi connectivity index (χ4v) is 3.00. The number of hydrogen-bond donors (Lipinski definition) is 2. The van der Waals surface area contributed by atoms with Crippen LogP contribution in [0.2, 0.25) is 0 Å². The highest BCUT2D eigenvalue weighted by Crippen LogP contribution is 2.30. The molecule has 0 amide bonds. The highest BCUT2D eigenvalue weighted by Gasteiger charge is 2.14. The predicted molar refractivity (Wildman–Crippen MR) is 108 cm³/mol. The Balaban J connectivity index is 1.73. The molecule has 4 aromatic rings. The van der Waals surface area contributed by atoms with Crippen LogP contribution in [0.3, 0.4) is 0 Å². The summed E-state index contributed by atoms with van der Waals surface area (Å²) in [5, 5.41) is 14.9. The van der Waals surface area contributed by atoms with Crippen LogP contribution in [0.1, 0.15) is 0 Å². The molecule has 3 aromatic heterocycles. The van der Waals surface area contributed by atoms with Crippen LogP contribution >= 0.6 is 0 Å². The van der Waals surface area contributed by atoms with Crippen LogP contribution < -0.4 is 10.2 Å². The smallest absolute Gasteiger partial charge is 0.141 e. The maximum absolute atomic E-state index is 9.62. The zero-order valence-corrected chi connectivity index (χ0v) is 14.7.